The third-order valence-corrected chi connectivity index (χ3v) is 6.85. The number of methoxy groups -OCH3 is 2. The molecular weight excluding hydrogens is 402 g/mol. The van der Waals surface area contributed by atoms with Crippen LogP contribution in [-0.2, 0) is 17.8 Å². The monoisotopic (exact) mass is 437 g/mol. The van der Waals surface area contributed by atoms with E-state index in [4.69, 9.17) is 9.47 Å². The average molecular weight is 438 g/mol. The Kier molecular flexibility index (Phi) is 6.72. The van der Waals surface area contributed by atoms with Crippen molar-refractivity contribution in [1.29, 1.82) is 0 Å². The molecule has 6 nitrogen and oxygen atoms in total. The SMILES string of the molecule is COc1cc(CC(=O)N2CC3(CN(Cc4ccccc4)CC3CN(C)C)C2)cc(OC)c1. The third-order valence-electron chi connectivity index (χ3n) is 6.85. The van der Waals surface area contributed by atoms with Crippen molar-refractivity contribution in [3.63, 3.8) is 0 Å². The number of rotatable bonds is 8. The van der Waals surface area contributed by atoms with E-state index in [2.05, 4.69) is 54.2 Å². The largest absolute Gasteiger partial charge is 0.497 e. The summed E-state index contributed by atoms with van der Waals surface area (Å²) in [7, 11) is 7.55. The first-order valence-corrected chi connectivity index (χ1v) is 11.3. The average Bonchev–Trinajstić information content (AvgIpc) is 3.10. The third kappa shape index (κ3) is 4.92. The standard InChI is InChI=1S/C26H35N3O3/c1-27(2)15-22-16-28(14-20-8-6-5-7-9-20)17-26(22)18-29(19-26)25(30)12-21-10-23(31-3)13-24(11-21)32-4/h5-11,13,22H,12,14-19H2,1-4H3. The summed E-state index contributed by atoms with van der Waals surface area (Å²) in [4.78, 5) is 19.9. The lowest BCUT2D eigenvalue weighted by Crippen LogP contribution is -2.63. The molecule has 0 aliphatic carbocycles. The van der Waals surface area contributed by atoms with Crippen molar-refractivity contribution < 1.29 is 14.3 Å². The lowest BCUT2D eigenvalue weighted by atomic mass is 9.71. The second kappa shape index (κ2) is 9.51. The number of carbonyl (C=O) groups is 1. The van der Waals surface area contributed by atoms with E-state index in [1.54, 1.807) is 14.2 Å². The summed E-state index contributed by atoms with van der Waals surface area (Å²) in [6.07, 6.45) is 0.371. The zero-order chi connectivity index (χ0) is 22.7. The van der Waals surface area contributed by atoms with E-state index in [0.29, 0.717) is 23.8 Å². The van der Waals surface area contributed by atoms with Crippen LogP contribution in [0.15, 0.2) is 48.5 Å². The van der Waals surface area contributed by atoms with Crippen LogP contribution in [0.3, 0.4) is 0 Å². The number of amides is 1. The molecular formula is C26H35N3O3. The van der Waals surface area contributed by atoms with E-state index in [1.165, 1.54) is 5.56 Å². The molecule has 1 atom stereocenters. The Morgan fingerprint density at radius 1 is 1.00 bits per heavy atom. The van der Waals surface area contributed by atoms with Gasteiger partial charge in [-0.2, -0.15) is 0 Å². The molecule has 172 valence electrons. The van der Waals surface area contributed by atoms with Crippen molar-refractivity contribution in [3.05, 3.63) is 59.7 Å². The van der Waals surface area contributed by atoms with E-state index in [9.17, 15) is 4.79 Å². The van der Waals surface area contributed by atoms with E-state index >= 15 is 0 Å². The Bertz CT molecular complexity index is 903. The molecule has 1 amide bonds. The normalized spacial score (nSPS) is 19.9. The van der Waals surface area contributed by atoms with Crippen molar-refractivity contribution in [2.75, 3.05) is 61.0 Å². The predicted molar refractivity (Wildman–Crippen MR) is 126 cm³/mol. The maximum Gasteiger partial charge on any atom is 0.227 e. The van der Waals surface area contributed by atoms with E-state index in [-0.39, 0.29) is 11.3 Å². The van der Waals surface area contributed by atoms with Gasteiger partial charge in [-0.3, -0.25) is 9.69 Å². The smallest absolute Gasteiger partial charge is 0.227 e. The quantitative estimate of drug-likeness (QED) is 0.636. The lowest BCUT2D eigenvalue weighted by Gasteiger charge is -2.51. The van der Waals surface area contributed by atoms with Gasteiger partial charge in [-0.25, -0.2) is 0 Å². The van der Waals surface area contributed by atoms with Crippen molar-refractivity contribution >= 4 is 5.91 Å². The maximum absolute atomic E-state index is 13.1. The number of benzene rings is 2. The number of likely N-dealkylation sites (tertiary alicyclic amines) is 2. The summed E-state index contributed by atoms with van der Waals surface area (Å²) in [5, 5.41) is 0. The molecule has 0 radical (unpaired) electrons. The highest BCUT2D eigenvalue weighted by Crippen LogP contribution is 2.45. The molecule has 0 aromatic heterocycles. The predicted octanol–water partition coefficient (Wildman–Crippen LogP) is 2.77. The number of hydrogen-bond donors (Lipinski definition) is 0. The van der Waals surface area contributed by atoms with Crippen molar-refractivity contribution in [1.82, 2.24) is 14.7 Å². The number of carbonyl (C=O) groups excluding carboxylic acids is 1. The van der Waals surface area contributed by atoms with E-state index in [1.807, 2.05) is 23.1 Å². The topological polar surface area (TPSA) is 45.2 Å². The lowest BCUT2D eigenvalue weighted by molar-refractivity contribution is -0.144. The van der Waals surface area contributed by atoms with E-state index < -0.39 is 0 Å². The van der Waals surface area contributed by atoms with Crippen LogP contribution in [0, 0.1) is 11.3 Å². The first-order valence-electron chi connectivity index (χ1n) is 11.3. The Labute approximate surface area is 191 Å². The molecule has 32 heavy (non-hydrogen) atoms. The summed E-state index contributed by atoms with van der Waals surface area (Å²) in [5.74, 6) is 2.18. The first-order chi connectivity index (χ1) is 15.4. The number of ether oxygens (including phenoxy) is 2. The van der Waals surface area contributed by atoms with Gasteiger partial charge in [0.2, 0.25) is 5.91 Å². The zero-order valence-electron chi connectivity index (χ0n) is 19.7. The second-order valence-corrected chi connectivity index (χ2v) is 9.62. The fourth-order valence-electron chi connectivity index (χ4n) is 5.30. The molecule has 0 bridgehead atoms. The van der Waals surface area contributed by atoms with Gasteiger partial charge >= 0.3 is 0 Å². The van der Waals surface area contributed by atoms with E-state index in [0.717, 1.165) is 44.8 Å². The summed E-state index contributed by atoms with van der Waals surface area (Å²) in [6, 6.07) is 16.3. The molecule has 2 fully saturated rings. The summed E-state index contributed by atoms with van der Waals surface area (Å²) in [6.45, 7) is 5.86. The van der Waals surface area contributed by atoms with Gasteiger partial charge in [0.1, 0.15) is 11.5 Å². The molecule has 2 aliphatic rings. The van der Waals surface area contributed by atoms with Crippen LogP contribution in [0.2, 0.25) is 0 Å². The van der Waals surface area contributed by atoms with Crippen LogP contribution in [0.4, 0.5) is 0 Å². The molecule has 2 aliphatic heterocycles. The van der Waals surface area contributed by atoms with Crippen LogP contribution in [0.25, 0.3) is 0 Å². The van der Waals surface area contributed by atoms with Crippen LogP contribution >= 0.6 is 0 Å². The van der Waals surface area contributed by atoms with Gasteiger partial charge in [0, 0.05) is 50.7 Å². The Balaban J connectivity index is 1.41. The van der Waals surface area contributed by atoms with Gasteiger partial charge in [-0.1, -0.05) is 30.3 Å². The van der Waals surface area contributed by atoms with Gasteiger partial charge in [-0.05, 0) is 43.3 Å². The molecule has 1 spiro atoms. The van der Waals surface area contributed by atoms with Gasteiger partial charge in [-0.15, -0.1) is 0 Å². The van der Waals surface area contributed by atoms with Gasteiger partial charge < -0.3 is 19.3 Å². The van der Waals surface area contributed by atoms with Crippen LogP contribution in [-0.4, -0.2) is 81.6 Å². The molecule has 2 heterocycles. The highest BCUT2D eigenvalue weighted by Gasteiger charge is 2.54. The molecule has 0 saturated carbocycles. The first kappa shape index (κ1) is 22.6. The Morgan fingerprint density at radius 2 is 1.66 bits per heavy atom. The minimum Gasteiger partial charge on any atom is -0.497 e. The minimum absolute atomic E-state index is 0.177. The Hall–Kier alpha value is -2.57. The number of nitrogens with zero attached hydrogens (tertiary/aromatic N) is 3. The van der Waals surface area contributed by atoms with Crippen LogP contribution in [0.1, 0.15) is 11.1 Å². The molecule has 6 heteroatoms. The fourth-order valence-corrected chi connectivity index (χ4v) is 5.30. The van der Waals surface area contributed by atoms with Gasteiger partial charge in [0.15, 0.2) is 0 Å². The maximum atomic E-state index is 13.1. The fraction of sp³-hybridized carbons (Fsp3) is 0.500. The molecule has 2 saturated heterocycles. The molecule has 1 unspecified atom stereocenters. The molecule has 2 aromatic rings. The van der Waals surface area contributed by atoms with Gasteiger partial charge in [0.25, 0.3) is 0 Å². The van der Waals surface area contributed by atoms with Crippen molar-refractivity contribution in [3.8, 4) is 11.5 Å². The summed E-state index contributed by atoms with van der Waals surface area (Å²) < 4.78 is 10.7. The molecule has 2 aromatic carbocycles. The minimum atomic E-state index is 0.177. The van der Waals surface area contributed by atoms with Crippen molar-refractivity contribution in [2.24, 2.45) is 11.3 Å². The van der Waals surface area contributed by atoms with Crippen LogP contribution < -0.4 is 9.47 Å². The number of hydrogen-bond acceptors (Lipinski definition) is 5. The summed E-state index contributed by atoms with van der Waals surface area (Å²) in [5.41, 5.74) is 2.47. The van der Waals surface area contributed by atoms with Crippen LogP contribution in [0.5, 0.6) is 11.5 Å². The highest BCUT2D eigenvalue weighted by molar-refractivity contribution is 5.80. The van der Waals surface area contributed by atoms with Crippen molar-refractivity contribution in [2.45, 2.75) is 13.0 Å². The summed E-state index contributed by atoms with van der Waals surface area (Å²) >= 11 is 0. The second-order valence-electron chi connectivity index (χ2n) is 9.62. The molecule has 0 N–H and O–H groups in total. The highest BCUT2D eigenvalue weighted by atomic mass is 16.5. The zero-order valence-corrected chi connectivity index (χ0v) is 19.7. The molecule has 4 rings (SSSR count). The van der Waals surface area contributed by atoms with Gasteiger partial charge in [0.05, 0.1) is 20.6 Å². The Morgan fingerprint density at radius 3 is 2.25 bits per heavy atom.